The zero-order valence-corrected chi connectivity index (χ0v) is 12.7. The molecule has 0 saturated carbocycles. The van der Waals surface area contributed by atoms with E-state index in [2.05, 4.69) is 22.2 Å². The first-order chi connectivity index (χ1) is 11.1. The molecule has 0 bridgehead atoms. The van der Waals surface area contributed by atoms with E-state index in [1.54, 1.807) is 6.42 Å². The molecule has 5 heteroatoms. The van der Waals surface area contributed by atoms with Crippen LogP contribution in [0.3, 0.4) is 0 Å². The van der Waals surface area contributed by atoms with Crippen LogP contribution in [0.25, 0.3) is 11.1 Å². The van der Waals surface area contributed by atoms with Gasteiger partial charge in [-0.15, -0.1) is 0 Å². The Balaban J connectivity index is 1.76. The molecule has 119 valence electrons. The Morgan fingerprint density at radius 2 is 1.65 bits per heavy atom. The van der Waals surface area contributed by atoms with Gasteiger partial charge in [-0.2, -0.15) is 0 Å². The molecule has 0 aliphatic rings. The van der Waals surface area contributed by atoms with Gasteiger partial charge in [0, 0.05) is 0 Å². The molecule has 5 nitrogen and oxygen atoms in total. The normalized spacial score (nSPS) is 10.1. The summed E-state index contributed by atoms with van der Waals surface area (Å²) in [6.45, 7) is 0.311. The minimum atomic E-state index is -0.846. The number of carbonyl (C=O) groups is 2. The Morgan fingerprint density at radius 1 is 1.00 bits per heavy atom. The summed E-state index contributed by atoms with van der Waals surface area (Å²) >= 11 is 0. The number of hydrogen-bond acceptors (Lipinski definition) is 3. The average molecular weight is 311 g/mol. The van der Waals surface area contributed by atoms with Gasteiger partial charge in [-0.1, -0.05) is 54.6 Å². The fourth-order valence-electron chi connectivity index (χ4n) is 2.07. The van der Waals surface area contributed by atoms with E-state index in [9.17, 15) is 9.59 Å². The lowest BCUT2D eigenvalue weighted by molar-refractivity contribution is -0.118. The summed E-state index contributed by atoms with van der Waals surface area (Å²) in [7, 11) is 0. The van der Waals surface area contributed by atoms with Gasteiger partial charge in [0.2, 0.25) is 5.91 Å². The second kappa shape index (κ2) is 8.58. The largest absolute Gasteiger partial charge is 0.448 e. The third kappa shape index (κ3) is 5.82. The Bertz CT molecular complexity index is 639. The SMILES string of the molecule is NC(=O)OCCNC(=O)[CH]Cc1ccc(-c2ccccc2)cc1. The Morgan fingerprint density at radius 3 is 2.30 bits per heavy atom. The highest BCUT2D eigenvalue weighted by Gasteiger charge is 2.04. The first-order valence-electron chi connectivity index (χ1n) is 7.33. The van der Waals surface area contributed by atoms with Gasteiger partial charge < -0.3 is 15.8 Å². The summed E-state index contributed by atoms with van der Waals surface area (Å²) < 4.78 is 4.52. The number of ether oxygens (including phenoxy) is 1. The Hall–Kier alpha value is -2.82. The smallest absolute Gasteiger partial charge is 0.404 e. The van der Waals surface area contributed by atoms with E-state index >= 15 is 0 Å². The summed E-state index contributed by atoms with van der Waals surface area (Å²) in [5.41, 5.74) is 8.17. The van der Waals surface area contributed by atoms with E-state index in [1.807, 2.05) is 42.5 Å². The molecule has 0 aromatic heterocycles. The first-order valence-corrected chi connectivity index (χ1v) is 7.33. The molecular weight excluding hydrogens is 292 g/mol. The zero-order chi connectivity index (χ0) is 16.5. The second-order valence-corrected chi connectivity index (χ2v) is 4.93. The number of nitrogens with two attached hydrogens (primary N) is 1. The van der Waals surface area contributed by atoms with Crippen LogP contribution in [0.5, 0.6) is 0 Å². The van der Waals surface area contributed by atoms with E-state index in [1.165, 1.54) is 0 Å². The molecule has 2 aromatic carbocycles. The zero-order valence-electron chi connectivity index (χ0n) is 12.7. The van der Waals surface area contributed by atoms with Gasteiger partial charge in [0.1, 0.15) is 6.61 Å². The number of amides is 2. The molecule has 0 aliphatic carbocycles. The van der Waals surface area contributed by atoms with Crippen molar-refractivity contribution < 1.29 is 14.3 Å². The molecule has 0 saturated heterocycles. The second-order valence-electron chi connectivity index (χ2n) is 4.93. The fraction of sp³-hybridized carbons (Fsp3) is 0.167. The highest BCUT2D eigenvalue weighted by Crippen LogP contribution is 2.19. The van der Waals surface area contributed by atoms with Gasteiger partial charge in [0.15, 0.2) is 0 Å². The predicted molar refractivity (Wildman–Crippen MR) is 88.4 cm³/mol. The molecule has 0 fully saturated rings. The standard InChI is InChI=1S/C18H19N2O3/c19-18(22)23-13-12-20-17(21)11-8-14-6-9-16(10-7-14)15-4-2-1-3-5-15/h1-7,9-11H,8,12-13H2,(H2,19,22)(H,20,21). The van der Waals surface area contributed by atoms with Crippen LogP contribution in [0, 0.1) is 6.42 Å². The third-order valence-corrected chi connectivity index (χ3v) is 3.23. The average Bonchev–Trinajstić information content (AvgIpc) is 2.58. The van der Waals surface area contributed by atoms with Crippen molar-refractivity contribution in [2.75, 3.05) is 13.2 Å². The van der Waals surface area contributed by atoms with Crippen LogP contribution in [0.2, 0.25) is 0 Å². The summed E-state index contributed by atoms with van der Waals surface area (Å²) in [4.78, 5) is 22.0. The van der Waals surface area contributed by atoms with Crippen molar-refractivity contribution in [1.29, 1.82) is 0 Å². The quantitative estimate of drug-likeness (QED) is 0.770. The van der Waals surface area contributed by atoms with Crippen LogP contribution in [-0.2, 0) is 16.0 Å². The van der Waals surface area contributed by atoms with Crippen molar-refractivity contribution in [3.63, 3.8) is 0 Å². The van der Waals surface area contributed by atoms with Gasteiger partial charge >= 0.3 is 6.09 Å². The maximum Gasteiger partial charge on any atom is 0.404 e. The number of hydrogen-bond donors (Lipinski definition) is 2. The fourth-order valence-corrected chi connectivity index (χ4v) is 2.07. The van der Waals surface area contributed by atoms with E-state index in [4.69, 9.17) is 5.73 Å². The molecule has 2 aromatic rings. The third-order valence-electron chi connectivity index (χ3n) is 3.23. The van der Waals surface area contributed by atoms with Crippen LogP contribution < -0.4 is 11.1 Å². The maximum absolute atomic E-state index is 11.6. The van der Waals surface area contributed by atoms with Gasteiger partial charge in [-0.05, 0) is 23.1 Å². The topological polar surface area (TPSA) is 81.4 Å². The summed E-state index contributed by atoms with van der Waals surface area (Å²) in [6, 6.07) is 18.2. The minimum Gasteiger partial charge on any atom is -0.448 e. The summed E-state index contributed by atoms with van der Waals surface area (Å²) in [5, 5.41) is 2.62. The summed E-state index contributed by atoms with van der Waals surface area (Å²) in [5.74, 6) is -0.204. The molecule has 0 aliphatic heterocycles. The lowest BCUT2D eigenvalue weighted by Gasteiger charge is -2.06. The van der Waals surface area contributed by atoms with Crippen LogP contribution >= 0.6 is 0 Å². The van der Waals surface area contributed by atoms with E-state index in [0.717, 1.165) is 16.7 Å². The number of primary amides is 1. The van der Waals surface area contributed by atoms with Crippen LogP contribution in [0.15, 0.2) is 54.6 Å². The van der Waals surface area contributed by atoms with Crippen molar-refractivity contribution in [2.45, 2.75) is 6.42 Å². The van der Waals surface area contributed by atoms with E-state index in [0.29, 0.717) is 6.42 Å². The molecule has 23 heavy (non-hydrogen) atoms. The van der Waals surface area contributed by atoms with Gasteiger partial charge in [0.25, 0.3) is 0 Å². The van der Waals surface area contributed by atoms with Crippen molar-refractivity contribution in [1.82, 2.24) is 5.32 Å². The predicted octanol–water partition coefficient (Wildman–Crippen LogP) is 2.31. The van der Waals surface area contributed by atoms with E-state index in [-0.39, 0.29) is 19.1 Å². The lowest BCUT2D eigenvalue weighted by Crippen LogP contribution is -2.29. The van der Waals surface area contributed by atoms with Crippen molar-refractivity contribution in [3.8, 4) is 11.1 Å². The molecular formula is C18H19N2O3. The molecule has 0 spiro atoms. The first kappa shape index (κ1) is 16.5. The Kier molecular flexibility index (Phi) is 6.17. The monoisotopic (exact) mass is 311 g/mol. The van der Waals surface area contributed by atoms with E-state index < -0.39 is 6.09 Å². The summed E-state index contributed by atoms with van der Waals surface area (Å²) in [6.07, 6.45) is 1.25. The molecule has 3 N–H and O–H groups in total. The Labute approximate surface area is 135 Å². The minimum absolute atomic E-state index is 0.0701. The van der Waals surface area contributed by atoms with Crippen molar-refractivity contribution in [2.24, 2.45) is 5.73 Å². The molecule has 0 atom stereocenters. The van der Waals surface area contributed by atoms with Crippen LogP contribution in [0.4, 0.5) is 4.79 Å². The number of carbonyl (C=O) groups excluding carboxylic acids is 2. The molecule has 2 rings (SSSR count). The van der Waals surface area contributed by atoms with Gasteiger partial charge in [-0.25, -0.2) is 4.79 Å². The van der Waals surface area contributed by atoms with Crippen LogP contribution in [-0.4, -0.2) is 25.2 Å². The highest BCUT2D eigenvalue weighted by atomic mass is 16.5. The van der Waals surface area contributed by atoms with Crippen molar-refractivity contribution >= 4 is 12.0 Å². The number of rotatable bonds is 7. The molecule has 2 amide bonds. The number of benzene rings is 2. The van der Waals surface area contributed by atoms with Crippen molar-refractivity contribution in [3.05, 3.63) is 66.6 Å². The van der Waals surface area contributed by atoms with Gasteiger partial charge in [-0.3, -0.25) is 4.79 Å². The van der Waals surface area contributed by atoms with Crippen LogP contribution in [0.1, 0.15) is 5.56 Å². The lowest BCUT2D eigenvalue weighted by atomic mass is 10.0. The molecule has 1 radical (unpaired) electrons. The molecule has 0 heterocycles. The highest BCUT2D eigenvalue weighted by molar-refractivity contribution is 5.85. The molecule has 0 unspecified atom stereocenters. The number of nitrogens with one attached hydrogen (secondary N) is 1. The van der Waals surface area contributed by atoms with Gasteiger partial charge in [0.05, 0.1) is 13.0 Å². The maximum atomic E-state index is 11.6.